The molecule has 6 heteroatoms. The van der Waals surface area contributed by atoms with Crippen molar-refractivity contribution in [2.24, 2.45) is 5.10 Å². The van der Waals surface area contributed by atoms with Gasteiger partial charge in [-0.25, -0.2) is 5.43 Å². The first-order valence-corrected chi connectivity index (χ1v) is 8.21. The van der Waals surface area contributed by atoms with E-state index < -0.39 is 0 Å². The molecule has 0 bridgehead atoms. The zero-order valence-electron chi connectivity index (χ0n) is 13.4. The first kappa shape index (κ1) is 16.3. The minimum atomic E-state index is -0.236. The molecular formula is C18H17BrN4O. The maximum Gasteiger partial charge on any atom is 0.271 e. The lowest BCUT2D eigenvalue weighted by Gasteiger charge is -2.12. The molecule has 0 aliphatic carbocycles. The number of nitrogens with zero attached hydrogens (tertiary/aromatic N) is 2. The van der Waals surface area contributed by atoms with E-state index in [1.54, 1.807) is 18.3 Å². The Morgan fingerprint density at radius 3 is 2.67 bits per heavy atom. The summed E-state index contributed by atoms with van der Waals surface area (Å²) in [5, 5.41) is 5.11. The zero-order valence-corrected chi connectivity index (χ0v) is 15.0. The first-order chi connectivity index (χ1) is 11.5. The van der Waals surface area contributed by atoms with Crippen molar-refractivity contribution in [2.45, 2.75) is 0 Å². The predicted molar refractivity (Wildman–Crippen MR) is 102 cm³/mol. The number of hydrogen-bond acceptors (Lipinski definition) is 3. The number of carbonyl (C=O) groups excluding carboxylic acids is 1. The number of H-pyrrole nitrogens is 1. The Labute approximate surface area is 148 Å². The molecule has 0 radical (unpaired) electrons. The summed E-state index contributed by atoms with van der Waals surface area (Å²) in [5.74, 6) is -0.236. The van der Waals surface area contributed by atoms with Gasteiger partial charge in [0, 0.05) is 46.9 Å². The molecule has 2 aromatic carbocycles. The highest BCUT2D eigenvalue weighted by atomic mass is 79.9. The first-order valence-electron chi connectivity index (χ1n) is 7.42. The molecule has 1 aromatic heterocycles. The summed E-state index contributed by atoms with van der Waals surface area (Å²) in [4.78, 5) is 17.2. The number of aromatic amines is 1. The molecule has 1 amide bonds. The van der Waals surface area contributed by atoms with Gasteiger partial charge in [0.15, 0.2) is 0 Å². The summed E-state index contributed by atoms with van der Waals surface area (Å²) >= 11 is 3.49. The van der Waals surface area contributed by atoms with E-state index >= 15 is 0 Å². The number of amides is 1. The van der Waals surface area contributed by atoms with Crippen LogP contribution in [0.15, 0.2) is 58.2 Å². The molecule has 0 unspecified atom stereocenters. The number of carbonyl (C=O) groups is 1. The molecule has 5 nitrogen and oxygen atoms in total. The van der Waals surface area contributed by atoms with Crippen LogP contribution in [0, 0.1) is 0 Å². The molecule has 0 fully saturated rings. The monoisotopic (exact) mass is 384 g/mol. The lowest BCUT2D eigenvalue weighted by Crippen LogP contribution is -2.17. The maximum absolute atomic E-state index is 12.1. The second kappa shape index (κ2) is 6.88. The van der Waals surface area contributed by atoms with Crippen LogP contribution in [0.1, 0.15) is 15.9 Å². The zero-order chi connectivity index (χ0) is 17.1. The Balaban J connectivity index is 1.68. The largest absolute Gasteiger partial charge is 0.378 e. The standard InChI is InChI=1S/C18H17BrN4O/c1-23(2)14-6-4-13(5-7-14)18(24)22-21-10-12-3-8-17-15(9-12)16(19)11-20-17/h3-11,20H,1-2H3,(H,22,24). The molecule has 2 N–H and O–H groups in total. The van der Waals surface area contributed by atoms with E-state index in [2.05, 4.69) is 31.4 Å². The van der Waals surface area contributed by atoms with E-state index in [1.807, 2.05) is 55.5 Å². The van der Waals surface area contributed by atoms with Crippen molar-refractivity contribution in [1.29, 1.82) is 0 Å². The summed E-state index contributed by atoms with van der Waals surface area (Å²) in [7, 11) is 3.91. The van der Waals surface area contributed by atoms with Gasteiger partial charge in [0.1, 0.15) is 0 Å². The van der Waals surface area contributed by atoms with E-state index in [1.165, 1.54) is 0 Å². The molecule has 122 valence electrons. The van der Waals surface area contributed by atoms with Crippen LogP contribution in [0.2, 0.25) is 0 Å². The number of hydrazone groups is 1. The summed E-state index contributed by atoms with van der Waals surface area (Å²) in [6, 6.07) is 13.3. The van der Waals surface area contributed by atoms with Gasteiger partial charge in [0.05, 0.1) is 6.21 Å². The van der Waals surface area contributed by atoms with Crippen molar-refractivity contribution in [2.75, 3.05) is 19.0 Å². The van der Waals surface area contributed by atoms with Gasteiger partial charge in [0.2, 0.25) is 0 Å². The van der Waals surface area contributed by atoms with Gasteiger partial charge in [0.25, 0.3) is 5.91 Å². The van der Waals surface area contributed by atoms with E-state index in [0.29, 0.717) is 5.56 Å². The third-order valence-electron chi connectivity index (χ3n) is 3.68. The van der Waals surface area contributed by atoms with Gasteiger partial charge in [-0.1, -0.05) is 6.07 Å². The molecule has 0 saturated carbocycles. The SMILES string of the molecule is CN(C)c1ccc(C(=O)NN=Cc2ccc3[nH]cc(Br)c3c2)cc1. The maximum atomic E-state index is 12.1. The lowest BCUT2D eigenvalue weighted by molar-refractivity contribution is 0.0955. The van der Waals surface area contributed by atoms with Gasteiger partial charge < -0.3 is 9.88 Å². The molecule has 0 aliphatic rings. The van der Waals surface area contributed by atoms with Gasteiger partial charge in [-0.2, -0.15) is 5.10 Å². The Hall–Kier alpha value is -2.60. The highest BCUT2D eigenvalue weighted by molar-refractivity contribution is 9.10. The predicted octanol–water partition coefficient (Wildman–Crippen LogP) is 3.76. The molecular weight excluding hydrogens is 368 g/mol. The molecule has 0 aliphatic heterocycles. The van der Waals surface area contributed by atoms with Crippen molar-refractivity contribution in [3.8, 4) is 0 Å². The van der Waals surface area contributed by atoms with Crippen LogP contribution in [-0.2, 0) is 0 Å². The Morgan fingerprint density at radius 1 is 1.21 bits per heavy atom. The van der Waals surface area contributed by atoms with Gasteiger partial charge >= 0.3 is 0 Å². The topological polar surface area (TPSA) is 60.5 Å². The van der Waals surface area contributed by atoms with Crippen molar-refractivity contribution in [3.63, 3.8) is 0 Å². The van der Waals surface area contributed by atoms with Gasteiger partial charge in [-0.05, 0) is 57.9 Å². The molecule has 3 aromatic rings. The lowest BCUT2D eigenvalue weighted by atomic mass is 10.2. The second-order valence-electron chi connectivity index (χ2n) is 5.58. The van der Waals surface area contributed by atoms with Crippen LogP contribution < -0.4 is 10.3 Å². The van der Waals surface area contributed by atoms with Crippen molar-refractivity contribution >= 4 is 44.6 Å². The van der Waals surface area contributed by atoms with Crippen molar-refractivity contribution < 1.29 is 4.79 Å². The summed E-state index contributed by atoms with van der Waals surface area (Å²) in [6.45, 7) is 0. The number of fused-ring (bicyclic) bond motifs is 1. The number of nitrogens with one attached hydrogen (secondary N) is 2. The smallest absolute Gasteiger partial charge is 0.271 e. The average molecular weight is 385 g/mol. The highest BCUT2D eigenvalue weighted by Crippen LogP contribution is 2.23. The molecule has 24 heavy (non-hydrogen) atoms. The van der Waals surface area contributed by atoms with Crippen molar-refractivity contribution in [3.05, 3.63) is 64.3 Å². The molecule has 0 atom stereocenters. The third kappa shape index (κ3) is 3.49. The van der Waals surface area contributed by atoms with E-state index in [0.717, 1.165) is 26.6 Å². The van der Waals surface area contributed by atoms with E-state index in [4.69, 9.17) is 0 Å². The fraction of sp³-hybridized carbons (Fsp3) is 0.111. The number of aromatic nitrogens is 1. The Morgan fingerprint density at radius 2 is 1.96 bits per heavy atom. The van der Waals surface area contributed by atoms with E-state index in [-0.39, 0.29) is 5.91 Å². The molecule has 3 rings (SSSR count). The summed E-state index contributed by atoms with van der Waals surface area (Å²) < 4.78 is 0.998. The average Bonchev–Trinajstić information content (AvgIpc) is 2.95. The van der Waals surface area contributed by atoms with Crippen LogP contribution >= 0.6 is 15.9 Å². The third-order valence-corrected chi connectivity index (χ3v) is 4.34. The number of benzene rings is 2. The summed E-state index contributed by atoms with van der Waals surface area (Å²) in [5.41, 5.74) is 6.12. The Bertz CT molecular complexity index is 897. The number of halogens is 1. The molecule has 0 spiro atoms. The van der Waals surface area contributed by atoms with Crippen molar-refractivity contribution in [1.82, 2.24) is 10.4 Å². The number of anilines is 1. The van der Waals surface area contributed by atoms with Crippen LogP contribution in [0.25, 0.3) is 10.9 Å². The van der Waals surface area contributed by atoms with Gasteiger partial charge in [-0.3, -0.25) is 4.79 Å². The fourth-order valence-electron chi connectivity index (χ4n) is 2.33. The van der Waals surface area contributed by atoms with Crippen LogP contribution in [0.3, 0.4) is 0 Å². The quantitative estimate of drug-likeness (QED) is 0.531. The highest BCUT2D eigenvalue weighted by Gasteiger charge is 2.05. The normalized spacial score (nSPS) is 11.1. The van der Waals surface area contributed by atoms with E-state index in [9.17, 15) is 4.79 Å². The van der Waals surface area contributed by atoms with Crippen LogP contribution in [-0.4, -0.2) is 31.2 Å². The molecule has 0 saturated heterocycles. The number of rotatable bonds is 4. The number of hydrogen-bond donors (Lipinski definition) is 2. The molecule has 1 heterocycles. The van der Waals surface area contributed by atoms with Crippen LogP contribution in [0.5, 0.6) is 0 Å². The Kier molecular flexibility index (Phi) is 4.66. The summed E-state index contributed by atoms with van der Waals surface area (Å²) in [6.07, 6.45) is 3.52. The van der Waals surface area contributed by atoms with Gasteiger partial charge in [-0.15, -0.1) is 0 Å². The minimum Gasteiger partial charge on any atom is -0.378 e. The fourth-order valence-corrected chi connectivity index (χ4v) is 2.77. The second-order valence-corrected chi connectivity index (χ2v) is 6.44. The minimum absolute atomic E-state index is 0.236. The van der Waals surface area contributed by atoms with Crippen LogP contribution in [0.4, 0.5) is 5.69 Å².